The zero-order valence-corrected chi connectivity index (χ0v) is 16.3. The van der Waals surface area contributed by atoms with Crippen LogP contribution in [-0.2, 0) is 0 Å². The highest BCUT2D eigenvalue weighted by atomic mass is 35.5. The Balaban J connectivity index is 0.00000113. The number of benzene rings is 1. The van der Waals surface area contributed by atoms with Crippen LogP contribution in [0.4, 0.5) is 11.5 Å². The number of piperazine rings is 1. The van der Waals surface area contributed by atoms with Crippen molar-refractivity contribution >= 4 is 58.8 Å². The van der Waals surface area contributed by atoms with E-state index in [2.05, 4.69) is 39.0 Å². The minimum absolute atomic E-state index is 0. The van der Waals surface area contributed by atoms with Gasteiger partial charge < -0.3 is 20.9 Å². The number of rotatable bonds is 3. The van der Waals surface area contributed by atoms with Gasteiger partial charge in [0.1, 0.15) is 5.82 Å². The third kappa shape index (κ3) is 4.60. The molecule has 8 heteroatoms. The van der Waals surface area contributed by atoms with Gasteiger partial charge in [0.15, 0.2) is 0 Å². The summed E-state index contributed by atoms with van der Waals surface area (Å²) < 4.78 is 0. The molecule has 138 valence electrons. The number of pyridine rings is 1. The quantitative estimate of drug-likeness (QED) is 0.734. The van der Waals surface area contributed by atoms with E-state index in [1.54, 1.807) is 0 Å². The van der Waals surface area contributed by atoms with Gasteiger partial charge in [-0.2, -0.15) is 0 Å². The molecule has 0 bridgehead atoms. The van der Waals surface area contributed by atoms with E-state index in [9.17, 15) is 0 Å². The van der Waals surface area contributed by atoms with E-state index in [0.29, 0.717) is 6.04 Å². The molecule has 1 aromatic heterocycles. The van der Waals surface area contributed by atoms with Gasteiger partial charge in [-0.25, -0.2) is 4.98 Å². The highest BCUT2D eigenvalue weighted by Crippen LogP contribution is 2.29. The van der Waals surface area contributed by atoms with Gasteiger partial charge in [0.05, 0.1) is 10.5 Å². The maximum Gasteiger partial charge on any atom is 0.148 e. The zero-order valence-electron chi connectivity index (χ0n) is 13.9. The number of hydrogen-bond donors (Lipinski definition) is 3. The van der Waals surface area contributed by atoms with Crippen LogP contribution < -0.4 is 20.9 Å². The highest BCUT2D eigenvalue weighted by molar-refractivity contribution is 6.33. The van der Waals surface area contributed by atoms with Gasteiger partial charge >= 0.3 is 0 Å². The number of fused-ring (bicyclic) bond motifs is 1. The predicted octanol–water partition coefficient (Wildman–Crippen LogP) is 2.92. The average molecular weight is 405 g/mol. The van der Waals surface area contributed by atoms with Gasteiger partial charge in [-0.3, -0.25) is 0 Å². The van der Waals surface area contributed by atoms with Gasteiger partial charge in [0, 0.05) is 49.8 Å². The SMILES string of the molecule is Cl.Cl.Clc1cc2cc(N[C@@H]3CCNC3)ccc2nc1N1CCNCC1. The first-order chi connectivity index (χ1) is 11.3. The first kappa shape index (κ1) is 20.3. The Morgan fingerprint density at radius 3 is 2.60 bits per heavy atom. The van der Waals surface area contributed by atoms with E-state index < -0.39 is 0 Å². The van der Waals surface area contributed by atoms with Crippen LogP contribution in [0.15, 0.2) is 24.3 Å². The summed E-state index contributed by atoms with van der Waals surface area (Å²) in [6.45, 7) is 5.98. The second-order valence-electron chi connectivity index (χ2n) is 6.27. The molecule has 2 saturated heterocycles. The monoisotopic (exact) mass is 403 g/mol. The Labute approximate surface area is 165 Å². The van der Waals surface area contributed by atoms with Gasteiger partial charge in [-0.15, -0.1) is 24.8 Å². The summed E-state index contributed by atoms with van der Waals surface area (Å²) in [4.78, 5) is 7.06. The van der Waals surface area contributed by atoms with E-state index in [1.807, 2.05) is 6.07 Å². The van der Waals surface area contributed by atoms with Crippen LogP contribution in [0, 0.1) is 0 Å². The molecule has 25 heavy (non-hydrogen) atoms. The van der Waals surface area contributed by atoms with Crippen molar-refractivity contribution in [2.45, 2.75) is 12.5 Å². The van der Waals surface area contributed by atoms with Crippen LogP contribution in [0.25, 0.3) is 10.9 Å². The van der Waals surface area contributed by atoms with Crippen LogP contribution >= 0.6 is 36.4 Å². The van der Waals surface area contributed by atoms with Gasteiger partial charge in [-0.05, 0) is 37.2 Å². The topological polar surface area (TPSA) is 52.2 Å². The smallest absolute Gasteiger partial charge is 0.148 e. The molecule has 1 atom stereocenters. The Bertz CT molecular complexity index is 700. The summed E-state index contributed by atoms with van der Waals surface area (Å²) in [6.07, 6.45) is 1.17. The van der Waals surface area contributed by atoms with Gasteiger partial charge in [0.2, 0.25) is 0 Å². The first-order valence-corrected chi connectivity index (χ1v) is 8.70. The molecule has 0 aliphatic carbocycles. The van der Waals surface area contributed by atoms with E-state index in [1.165, 1.54) is 6.42 Å². The van der Waals surface area contributed by atoms with Crippen LogP contribution in [0.1, 0.15) is 6.42 Å². The maximum atomic E-state index is 6.50. The molecule has 3 N–H and O–H groups in total. The van der Waals surface area contributed by atoms with E-state index in [0.717, 1.165) is 66.7 Å². The number of nitrogens with one attached hydrogen (secondary N) is 3. The molecule has 0 amide bonds. The maximum absolute atomic E-state index is 6.50. The Kier molecular flexibility index (Phi) is 7.40. The van der Waals surface area contributed by atoms with Crippen molar-refractivity contribution in [2.75, 3.05) is 49.5 Å². The number of hydrogen-bond acceptors (Lipinski definition) is 5. The second-order valence-corrected chi connectivity index (χ2v) is 6.68. The third-order valence-corrected chi connectivity index (χ3v) is 4.88. The van der Waals surface area contributed by atoms with Gasteiger partial charge in [0.25, 0.3) is 0 Å². The fourth-order valence-electron chi connectivity index (χ4n) is 3.34. The minimum Gasteiger partial charge on any atom is -0.381 e. The summed E-state index contributed by atoms with van der Waals surface area (Å²) in [5.74, 6) is 0.904. The van der Waals surface area contributed by atoms with Crippen molar-refractivity contribution < 1.29 is 0 Å². The summed E-state index contributed by atoms with van der Waals surface area (Å²) in [7, 11) is 0. The largest absolute Gasteiger partial charge is 0.381 e. The van der Waals surface area contributed by atoms with E-state index in [4.69, 9.17) is 16.6 Å². The fraction of sp³-hybridized carbons (Fsp3) is 0.471. The molecular formula is C17H24Cl3N5. The molecule has 2 aliphatic rings. The molecule has 4 rings (SSSR count). The fourth-order valence-corrected chi connectivity index (χ4v) is 3.62. The lowest BCUT2D eigenvalue weighted by atomic mass is 10.1. The van der Waals surface area contributed by atoms with Crippen molar-refractivity contribution in [2.24, 2.45) is 0 Å². The normalized spacial score (nSPS) is 20.0. The molecular weight excluding hydrogens is 381 g/mol. The lowest BCUT2D eigenvalue weighted by molar-refractivity contribution is 0.585. The third-order valence-electron chi connectivity index (χ3n) is 4.60. The summed E-state index contributed by atoms with van der Waals surface area (Å²) in [5.41, 5.74) is 2.14. The highest BCUT2D eigenvalue weighted by Gasteiger charge is 2.17. The average Bonchev–Trinajstić information content (AvgIpc) is 3.08. The van der Waals surface area contributed by atoms with Crippen LogP contribution in [0.5, 0.6) is 0 Å². The molecule has 0 spiro atoms. The minimum atomic E-state index is 0. The summed E-state index contributed by atoms with van der Waals surface area (Å²) >= 11 is 6.50. The van der Waals surface area contributed by atoms with Crippen molar-refractivity contribution in [3.63, 3.8) is 0 Å². The Morgan fingerprint density at radius 2 is 1.88 bits per heavy atom. The summed E-state index contributed by atoms with van der Waals surface area (Å²) in [5, 5.41) is 12.1. The first-order valence-electron chi connectivity index (χ1n) is 8.33. The molecule has 3 heterocycles. The van der Waals surface area contributed by atoms with Crippen molar-refractivity contribution in [3.8, 4) is 0 Å². The molecule has 2 aliphatic heterocycles. The van der Waals surface area contributed by atoms with Crippen LogP contribution in [0.3, 0.4) is 0 Å². The lowest BCUT2D eigenvalue weighted by Crippen LogP contribution is -2.44. The van der Waals surface area contributed by atoms with Gasteiger partial charge in [-0.1, -0.05) is 11.6 Å². The summed E-state index contributed by atoms with van der Waals surface area (Å²) in [6, 6.07) is 8.90. The van der Waals surface area contributed by atoms with Crippen molar-refractivity contribution in [1.82, 2.24) is 15.6 Å². The Hall–Kier alpha value is -0.980. The molecule has 0 unspecified atom stereocenters. The standard InChI is InChI=1S/C17H22ClN5.2ClH/c18-15-10-12-9-13(21-14-3-4-20-11-14)1-2-16(12)22-17(15)23-7-5-19-6-8-23;;/h1-2,9-10,14,19-21H,3-8,11H2;2*1H/t14-;;/m1../s1. The van der Waals surface area contributed by atoms with Crippen molar-refractivity contribution in [1.29, 1.82) is 0 Å². The van der Waals surface area contributed by atoms with Crippen LogP contribution in [-0.4, -0.2) is 50.3 Å². The number of aromatic nitrogens is 1. The van der Waals surface area contributed by atoms with E-state index >= 15 is 0 Å². The molecule has 2 aromatic rings. The molecule has 2 fully saturated rings. The number of halogens is 3. The van der Waals surface area contributed by atoms with Crippen molar-refractivity contribution in [3.05, 3.63) is 29.3 Å². The number of nitrogens with zero attached hydrogens (tertiary/aromatic N) is 2. The molecule has 5 nitrogen and oxygen atoms in total. The van der Waals surface area contributed by atoms with Crippen LogP contribution in [0.2, 0.25) is 5.02 Å². The molecule has 1 aromatic carbocycles. The number of anilines is 2. The lowest BCUT2D eigenvalue weighted by Gasteiger charge is -2.29. The predicted molar refractivity (Wildman–Crippen MR) is 111 cm³/mol. The molecule has 0 radical (unpaired) electrons. The Morgan fingerprint density at radius 1 is 1.08 bits per heavy atom. The van der Waals surface area contributed by atoms with E-state index in [-0.39, 0.29) is 24.8 Å². The molecule has 0 saturated carbocycles. The zero-order chi connectivity index (χ0) is 15.6. The second kappa shape index (κ2) is 9.10.